The number of carbonyl (C=O) groups excluding carboxylic acids is 2. The first kappa shape index (κ1) is 20.7. The Kier molecular flexibility index (Phi) is 5.40. The summed E-state index contributed by atoms with van der Waals surface area (Å²) in [5, 5.41) is 3.23. The van der Waals surface area contributed by atoms with E-state index in [0.29, 0.717) is 12.2 Å². The summed E-state index contributed by atoms with van der Waals surface area (Å²) < 4.78 is 0. The molecule has 4 aliphatic rings. The largest absolute Gasteiger partial charge is 0.359 e. The molecule has 0 saturated carbocycles. The summed E-state index contributed by atoms with van der Waals surface area (Å²) in [4.78, 5) is 38.2. The highest BCUT2D eigenvalue weighted by Crippen LogP contribution is 2.52. The smallest absolute Gasteiger partial charge is 0.273 e. The lowest BCUT2D eigenvalue weighted by Crippen LogP contribution is -2.50. The van der Waals surface area contributed by atoms with Gasteiger partial charge in [-0.05, 0) is 69.7 Å². The molecule has 4 aliphatic heterocycles. The molecule has 1 N–H and O–H groups in total. The molecular weight excluding hydrogens is 390 g/mol. The maximum absolute atomic E-state index is 13.5. The van der Waals surface area contributed by atoms with Gasteiger partial charge in [0.1, 0.15) is 11.5 Å². The molecule has 31 heavy (non-hydrogen) atoms. The topological polar surface area (TPSA) is 68.8 Å². The zero-order valence-electron chi connectivity index (χ0n) is 18.9. The van der Waals surface area contributed by atoms with Crippen molar-refractivity contribution < 1.29 is 9.59 Å². The molecular formula is C24H35N5O2. The lowest BCUT2D eigenvalue weighted by molar-refractivity contribution is -0.133. The molecule has 5 heterocycles. The molecule has 1 aromatic rings. The monoisotopic (exact) mass is 425 g/mol. The molecule has 5 rings (SSSR count). The number of likely N-dealkylation sites (tertiary alicyclic amines) is 1. The molecule has 3 fully saturated rings. The van der Waals surface area contributed by atoms with Crippen LogP contribution in [0.1, 0.15) is 61.5 Å². The predicted molar refractivity (Wildman–Crippen MR) is 120 cm³/mol. The standard InChI is InChI=1S/C24H35N5O2/c1-3-24(23(31)25-11-15-28-12-4-5-13-28)16-18-7-9-20(24)29(18)22(30)19-8-6-17-10-14-27(2)21(17)26-19/h6,8,18,20H,3-5,7,9-16H2,1-2H3,(H,25,31)/t18-,20+,24+/m1/s1. The molecule has 3 saturated heterocycles. The van der Waals surface area contributed by atoms with Crippen LogP contribution in [-0.2, 0) is 11.2 Å². The van der Waals surface area contributed by atoms with Crippen LogP contribution in [0, 0.1) is 5.41 Å². The van der Waals surface area contributed by atoms with Crippen LogP contribution in [0.5, 0.6) is 0 Å². The van der Waals surface area contributed by atoms with Crippen LogP contribution in [0.2, 0.25) is 0 Å². The third kappa shape index (κ3) is 3.41. The molecule has 7 heteroatoms. The third-order valence-corrected chi connectivity index (χ3v) is 8.22. The fourth-order valence-electron chi connectivity index (χ4n) is 6.43. The van der Waals surface area contributed by atoms with Crippen molar-refractivity contribution >= 4 is 17.6 Å². The minimum absolute atomic E-state index is 0.00390. The van der Waals surface area contributed by atoms with Gasteiger partial charge in [-0.25, -0.2) is 4.98 Å². The number of nitrogens with one attached hydrogen (secondary N) is 1. The average molecular weight is 426 g/mol. The van der Waals surface area contributed by atoms with Crippen LogP contribution >= 0.6 is 0 Å². The van der Waals surface area contributed by atoms with Crippen molar-refractivity contribution in [1.29, 1.82) is 0 Å². The fourth-order valence-corrected chi connectivity index (χ4v) is 6.43. The Morgan fingerprint density at radius 1 is 1.19 bits per heavy atom. The van der Waals surface area contributed by atoms with Gasteiger partial charge in [0, 0.05) is 38.8 Å². The predicted octanol–water partition coefficient (Wildman–Crippen LogP) is 2.06. The van der Waals surface area contributed by atoms with E-state index in [1.165, 1.54) is 18.4 Å². The Morgan fingerprint density at radius 2 is 2.00 bits per heavy atom. The van der Waals surface area contributed by atoms with E-state index in [0.717, 1.165) is 64.1 Å². The molecule has 7 nitrogen and oxygen atoms in total. The molecule has 168 valence electrons. The summed E-state index contributed by atoms with van der Waals surface area (Å²) in [5.74, 6) is 1.07. The van der Waals surface area contributed by atoms with Crippen molar-refractivity contribution in [1.82, 2.24) is 20.1 Å². The second-order valence-electron chi connectivity index (χ2n) is 9.83. The maximum atomic E-state index is 13.5. The van der Waals surface area contributed by atoms with Crippen molar-refractivity contribution in [3.8, 4) is 0 Å². The van der Waals surface area contributed by atoms with Crippen molar-refractivity contribution in [3.63, 3.8) is 0 Å². The molecule has 0 aromatic carbocycles. The number of rotatable bonds is 6. The highest BCUT2D eigenvalue weighted by molar-refractivity contribution is 5.95. The van der Waals surface area contributed by atoms with E-state index < -0.39 is 5.41 Å². The normalized spacial score (nSPS) is 29.6. The molecule has 2 amide bonds. The Balaban J connectivity index is 1.31. The highest BCUT2D eigenvalue weighted by Gasteiger charge is 2.60. The summed E-state index contributed by atoms with van der Waals surface area (Å²) in [7, 11) is 2.03. The quantitative estimate of drug-likeness (QED) is 0.756. The van der Waals surface area contributed by atoms with Gasteiger partial charge < -0.3 is 20.0 Å². The van der Waals surface area contributed by atoms with Gasteiger partial charge >= 0.3 is 0 Å². The van der Waals surface area contributed by atoms with Crippen LogP contribution < -0.4 is 10.2 Å². The molecule has 0 unspecified atom stereocenters. The van der Waals surface area contributed by atoms with Crippen LogP contribution in [0.25, 0.3) is 0 Å². The number of pyridine rings is 1. The number of hydrogen-bond acceptors (Lipinski definition) is 5. The zero-order chi connectivity index (χ0) is 21.6. The number of fused-ring (bicyclic) bond motifs is 3. The summed E-state index contributed by atoms with van der Waals surface area (Å²) in [6.45, 7) is 6.96. The van der Waals surface area contributed by atoms with Crippen LogP contribution in [0.4, 0.5) is 5.82 Å². The second-order valence-corrected chi connectivity index (χ2v) is 9.83. The van der Waals surface area contributed by atoms with E-state index in [9.17, 15) is 9.59 Å². The third-order valence-electron chi connectivity index (χ3n) is 8.22. The van der Waals surface area contributed by atoms with Gasteiger partial charge in [-0.1, -0.05) is 13.0 Å². The Bertz CT molecular complexity index is 868. The first-order valence-electron chi connectivity index (χ1n) is 12.1. The van der Waals surface area contributed by atoms with Crippen LogP contribution in [-0.4, -0.2) is 78.5 Å². The van der Waals surface area contributed by atoms with Gasteiger partial charge in [0.05, 0.1) is 5.41 Å². The van der Waals surface area contributed by atoms with Crippen LogP contribution in [0.15, 0.2) is 12.1 Å². The number of hydrogen-bond donors (Lipinski definition) is 1. The van der Waals surface area contributed by atoms with Crippen LogP contribution in [0.3, 0.4) is 0 Å². The van der Waals surface area contributed by atoms with E-state index >= 15 is 0 Å². The van der Waals surface area contributed by atoms with Crippen molar-refractivity contribution in [2.24, 2.45) is 5.41 Å². The number of carbonyl (C=O) groups is 2. The highest BCUT2D eigenvalue weighted by atomic mass is 16.2. The van der Waals surface area contributed by atoms with E-state index in [-0.39, 0.29) is 23.9 Å². The molecule has 3 atom stereocenters. The van der Waals surface area contributed by atoms with E-state index in [2.05, 4.69) is 28.1 Å². The molecule has 2 bridgehead atoms. The van der Waals surface area contributed by atoms with E-state index in [4.69, 9.17) is 4.98 Å². The minimum atomic E-state index is -0.461. The molecule has 0 aliphatic carbocycles. The van der Waals surface area contributed by atoms with E-state index in [1.807, 2.05) is 18.0 Å². The van der Waals surface area contributed by atoms with Gasteiger partial charge in [-0.3, -0.25) is 9.59 Å². The Morgan fingerprint density at radius 3 is 2.77 bits per heavy atom. The van der Waals surface area contributed by atoms with Crippen molar-refractivity contribution in [2.45, 2.75) is 64.0 Å². The van der Waals surface area contributed by atoms with Gasteiger partial charge in [-0.2, -0.15) is 0 Å². The second kappa shape index (κ2) is 8.08. The van der Waals surface area contributed by atoms with Gasteiger partial charge in [-0.15, -0.1) is 0 Å². The molecule has 0 spiro atoms. The van der Waals surface area contributed by atoms with Crippen molar-refractivity contribution in [2.75, 3.05) is 44.7 Å². The Hall–Kier alpha value is -2.15. The lowest BCUT2D eigenvalue weighted by atomic mass is 9.71. The number of aromatic nitrogens is 1. The summed E-state index contributed by atoms with van der Waals surface area (Å²) in [5.41, 5.74) is 1.27. The van der Waals surface area contributed by atoms with Gasteiger partial charge in [0.2, 0.25) is 5.91 Å². The summed E-state index contributed by atoms with van der Waals surface area (Å²) >= 11 is 0. The van der Waals surface area contributed by atoms with E-state index in [1.54, 1.807) is 0 Å². The number of likely N-dealkylation sites (N-methyl/N-ethyl adjacent to an activating group) is 1. The minimum Gasteiger partial charge on any atom is -0.359 e. The summed E-state index contributed by atoms with van der Waals surface area (Å²) in [6, 6.07) is 4.06. The SMILES string of the molecule is CC[C@]1(C(=O)NCCN2CCCC2)C[C@H]2CC[C@@H]1N2C(=O)c1ccc2c(n1)N(C)CC2. The maximum Gasteiger partial charge on any atom is 0.273 e. The number of anilines is 1. The van der Waals surface area contributed by atoms with Gasteiger partial charge in [0.25, 0.3) is 5.91 Å². The summed E-state index contributed by atoms with van der Waals surface area (Å²) in [6.07, 6.45) is 6.96. The van der Waals surface area contributed by atoms with Gasteiger partial charge in [0.15, 0.2) is 0 Å². The van der Waals surface area contributed by atoms with Crippen molar-refractivity contribution in [3.05, 3.63) is 23.4 Å². The number of nitrogens with zero attached hydrogens (tertiary/aromatic N) is 4. The molecule has 1 aromatic heterocycles. The first-order chi connectivity index (χ1) is 15.0. The molecule has 0 radical (unpaired) electrons. The Labute approximate surface area is 185 Å². The first-order valence-corrected chi connectivity index (χ1v) is 12.1. The lowest BCUT2D eigenvalue weighted by Gasteiger charge is -2.35. The average Bonchev–Trinajstić information content (AvgIpc) is 3.57. The zero-order valence-corrected chi connectivity index (χ0v) is 18.9. The number of amides is 2. The fraction of sp³-hybridized carbons (Fsp3) is 0.708.